The van der Waals surface area contributed by atoms with Crippen LogP contribution in [-0.4, -0.2) is 22.5 Å². The molecule has 4 unspecified atom stereocenters. The summed E-state index contributed by atoms with van der Waals surface area (Å²) in [6, 6.07) is 0. The fourth-order valence-corrected chi connectivity index (χ4v) is 6.59. The standard InChI is InChI=1S/C25H36O4/c1-13(2)9-10-24-12-17-23(7,8)16(14(3)4)11-25(17,22(24)29)21(28)18(20(24)27)19(26)15(5)6/h9,14-17,27H,10-12H2,1-8H3. The van der Waals surface area contributed by atoms with E-state index in [9.17, 15) is 19.5 Å². The molecule has 0 aliphatic heterocycles. The summed E-state index contributed by atoms with van der Waals surface area (Å²) in [5, 5.41) is 11.3. The van der Waals surface area contributed by atoms with Crippen LogP contribution >= 0.6 is 0 Å². The molecule has 29 heavy (non-hydrogen) atoms. The smallest absolute Gasteiger partial charge is 0.183 e. The van der Waals surface area contributed by atoms with Crippen LogP contribution in [0.1, 0.15) is 74.7 Å². The van der Waals surface area contributed by atoms with Gasteiger partial charge in [-0.25, -0.2) is 0 Å². The number of hydrogen-bond acceptors (Lipinski definition) is 4. The molecule has 0 aromatic carbocycles. The lowest BCUT2D eigenvalue weighted by Gasteiger charge is -2.38. The van der Waals surface area contributed by atoms with Gasteiger partial charge in [0.25, 0.3) is 0 Å². The molecule has 0 aromatic rings. The maximum Gasteiger partial charge on any atom is 0.183 e. The molecule has 0 heterocycles. The van der Waals surface area contributed by atoms with Crippen molar-refractivity contribution in [2.24, 2.45) is 39.9 Å². The maximum atomic E-state index is 14.0. The van der Waals surface area contributed by atoms with Gasteiger partial charge in [-0.3, -0.25) is 14.4 Å². The van der Waals surface area contributed by atoms with E-state index in [4.69, 9.17) is 0 Å². The number of rotatable bonds is 5. The SMILES string of the molecule is CC(C)=CCC12CC3C(CC(C(C)C)C3(C)C)(C(=O)C(C(=O)C(C)C)=C1O)C2=O. The molecule has 0 aromatic heterocycles. The Morgan fingerprint density at radius 3 is 2.21 bits per heavy atom. The molecule has 2 saturated carbocycles. The number of carbonyl (C=O) groups is 3. The monoisotopic (exact) mass is 400 g/mol. The maximum absolute atomic E-state index is 14.0. The van der Waals surface area contributed by atoms with Crippen molar-refractivity contribution in [1.29, 1.82) is 0 Å². The van der Waals surface area contributed by atoms with E-state index in [1.807, 2.05) is 19.9 Å². The van der Waals surface area contributed by atoms with Crippen molar-refractivity contribution < 1.29 is 19.5 Å². The Labute approximate surface area is 174 Å². The lowest BCUT2D eigenvalue weighted by atomic mass is 9.62. The molecule has 4 atom stereocenters. The highest BCUT2D eigenvalue weighted by Gasteiger charge is 2.77. The van der Waals surface area contributed by atoms with E-state index < -0.39 is 22.5 Å². The molecular weight excluding hydrogens is 364 g/mol. The van der Waals surface area contributed by atoms with E-state index in [2.05, 4.69) is 27.7 Å². The van der Waals surface area contributed by atoms with Crippen molar-refractivity contribution in [1.82, 2.24) is 0 Å². The lowest BCUT2D eigenvalue weighted by molar-refractivity contribution is -0.145. The minimum atomic E-state index is -1.17. The Hall–Kier alpha value is -1.71. The number of fused-ring (bicyclic) bond motifs is 1. The van der Waals surface area contributed by atoms with Crippen LogP contribution in [0.3, 0.4) is 0 Å². The molecular formula is C25H36O4. The average molecular weight is 401 g/mol. The van der Waals surface area contributed by atoms with E-state index in [1.54, 1.807) is 13.8 Å². The topological polar surface area (TPSA) is 71.4 Å². The van der Waals surface area contributed by atoms with Crippen LogP contribution in [0.4, 0.5) is 0 Å². The second-order valence-electron chi connectivity index (χ2n) is 11.1. The summed E-state index contributed by atoms with van der Waals surface area (Å²) >= 11 is 0. The van der Waals surface area contributed by atoms with E-state index in [0.717, 1.165) is 5.57 Å². The molecule has 0 radical (unpaired) electrons. The second-order valence-corrected chi connectivity index (χ2v) is 11.1. The van der Waals surface area contributed by atoms with Crippen molar-refractivity contribution in [3.8, 4) is 0 Å². The summed E-state index contributed by atoms with van der Waals surface area (Å²) < 4.78 is 0. The molecule has 4 nitrogen and oxygen atoms in total. The van der Waals surface area contributed by atoms with E-state index >= 15 is 0 Å². The lowest BCUT2D eigenvalue weighted by Crippen LogP contribution is -2.50. The number of carbonyl (C=O) groups excluding carboxylic acids is 3. The summed E-state index contributed by atoms with van der Waals surface area (Å²) in [4.78, 5) is 40.8. The molecule has 1 spiro atoms. The van der Waals surface area contributed by atoms with E-state index in [0.29, 0.717) is 25.2 Å². The first kappa shape index (κ1) is 22.0. The molecule has 0 saturated heterocycles. The molecule has 1 N–H and O–H groups in total. The van der Waals surface area contributed by atoms with Gasteiger partial charge in [-0.05, 0) is 56.3 Å². The number of aliphatic hydroxyl groups excluding tert-OH is 1. The van der Waals surface area contributed by atoms with Gasteiger partial charge in [-0.1, -0.05) is 53.2 Å². The fraction of sp³-hybridized carbons (Fsp3) is 0.720. The zero-order valence-electron chi connectivity index (χ0n) is 19.2. The molecule has 160 valence electrons. The largest absolute Gasteiger partial charge is 0.510 e. The summed E-state index contributed by atoms with van der Waals surface area (Å²) in [6.45, 7) is 16.0. The Kier molecular flexibility index (Phi) is 5.04. The van der Waals surface area contributed by atoms with Crippen LogP contribution in [0.15, 0.2) is 23.0 Å². The van der Waals surface area contributed by atoms with Gasteiger partial charge < -0.3 is 5.11 Å². The van der Waals surface area contributed by atoms with Crippen molar-refractivity contribution in [2.75, 3.05) is 0 Å². The number of aliphatic hydroxyl groups is 1. The van der Waals surface area contributed by atoms with Crippen LogP contribution in [0.5, 0.6) is 0 Å². The fourth-order valence-electron chi connectivity index (χ4n) is 6.59. The van der Waals surface area contributed by atoms with Gasteiger partial charge in [0.15, 0.2) is 17.3 Å². The van der Waals surface area contributed by atoms with Gasteiger partial charge >= 0.3 is 0 Å². The molecule has 4 heteroatoms. The normalized spacial score (nSPS) is 35.5. The quantitative estimate of drug-likeness (QED) is 0.390. The van der Waals surface area contributed by atoms with E-state index in [1.165, 1.54) is 0 Å². The zero-order valence-corrected chi connectivity index (χ0v) is 19.2. The minimum absolute atomic E-state index is 0.0931. The van der Waals surface area contributed by atoms with Crippen LogP contribution in [0.25, 0.3) is 0 Å². The zero-order chi connectivity index (χ0) is 22.1. The number of allylic oxidation sites excluding steroid dienone is 4. The van der Waals surface area contributed by atoms with Gasteiger partial charge in [-0.2, -0.15) is 0 Å². The summed E-state index contributed by atoms with van der Waals surface area (Å²) in [6.07, 6.45) is 3.24. The Morgan fingerprint density at radius 2 is 1.72 bits per heavy atom. The minimum Gasteiger partial charge on any atom is -0.510 e. The highest BCUT2D eigenvalue weighted by Crippen LogP contribution is 2.72. The molecule has 3 rings (SSSR count). The van der Waals surface area contributed by atoms with Gasteiger partial charge in [0.05, 0.1) is 10.8 Å². The number of Topliss-reactive ketones (excluding diaryl/α,β-unsaturated/α-hetero) is 3. The van der Waals surface area contributed by atoms with Crippen LogP contribution < -0.4 is 0 Å². The molecule has 2 fully saturated rings. The summed E-state index contributed by atoms with van der Waals surface area (Å²) in [5.74, 6) is -1.18. The third-order valence-corrected chi connectivity index (χ3v) is 8.14. The highest BCUT2D eigenvalue weighted by molar-refractivity contribution is 6.32. The van der Waals surface area contributed by atoms with E-state index in [-0.39, 0.29) is 40.1 Å². The Bertz CT molecular complexity index is 837. The average Bonchev–Trinajstić information content (AvgIpc) is 2.97. The van der Waals surface area contributed by atoms with Gasteiger partial charge in [0.1, 0.15) is 11.3 Å². The molecule has 3 aliphatic rings. The summed E-state index contributed by atoms with van der Waals surface area (Å²) in [7, 11) is 0. The van der Waals surface area contributed by atoms with Crippen LogP contribution in [-0.2, 0) is 14.4 Å². The van der Waals surface area contributed by atoms with Crippen molar-refractivity contribution in [2.45, 2.75) is 74.7 Å². The third kappa shape index (κ3) is 2.67. The molecule has 2 bridgehead atoms. The van der Waals surface area contributed by atoms with Gasteiger partial charge in [0.2, 0.25) is 0 Å². The van der Waals surface area contributed by atoms with Crippen LogP contribution in [0.2, 0.25) is 0 Å². The van der Waals surface area contributed by atoms with Crippen LogP contribution in [0, 0.1) is 39.9 Å². The van der Waals surface area contributed by atoms with Gasteiger partial charge in [0, 0.05) is 5.92 Å². The first-order valence-electron chi connectivity index (χ1n) is 11.0. The predicted molar refractivity (Wildman–Crippen MR) is 113 cm³/mol. The van der Waals surface area contributed by atoms with Gasteiger partial charge in [-0.15, -0.1) is 0 Å². The third-order valence-electron chi connectivity index (χ3n) is 8.14. The number of hydrogen-bond donors (Lipinski definition) is 1. The van der Waals surface area contributed by atoms with Crippen molar-refractivity contribution >= 4 is 17.3 Å². The van der Waals surface area contributed by atoms with Crippen molar-refractivity contribution in [3.63, 3.8) is 0 Å². The molecule has 3 aliphatic carbocycles. The second kappa shape index (κ2) is 6.65. The highest BCUT2D eigenvalue weighted by atomic mass is 16.3. The van der Waals surface area contributed by atoms with Crippen molar-refractivity contribution in [3.05, 3.63) is 23.0 Å². The first-order valence-corrected chi connectivity index (χ1v) is 11.0. The summed E-state index contributed by atoms with van der Waals surface area (Å²) in [5.41, 5.74) is -1.57. The predicted octanol–water partition coefficient (Wildman–Crippen LogP) is 5.23. The molecule has 0 amide bonds. The number of ketones is 3. The Balaban J connectivity index is 2.29. The Morgan fingerprint density at radius 1 is 1.14 bits per heavy atom. The first-order chi connectivity index (χ1) is 13.2.